The van der Waals surface area contributed by atoms with Crippen molar-refractivity contribution in [3.05, 3.63) is 18.0 Å². The van der Waals surface area contributed by atoms with Crippen LogP contribution in [-0.2, 0) is 6.54 Å². The van der Waals surface area contributed by atoms with Gasteiger partial charge in [-0.05, 0) is 19.3 Å². The Labute approximate surface area is 122 Å². The summed E-state index contributed by atoms with van der Waals surface area (Å²) in [5.41, 5.74) is 0.847. The molecule has 0 saturated heterocycles. The molecule has 2 N–H and O–H groups in total. The second-order valence-electron chi connectivity index (χ2n) is 4.98. The first-order valence-corrected chi connectivity index (χ1v) is 7.71. The van der Waals surface area contributed by atoms with Crippen molar-refractivity contribution >= 4 is 5.96 Å². The SMILES string of the molecule is CCCCC(CC)CNC(=NCc1ccon1)NCC. The summed E-state index contributed by atoms with van der Waals surface area (Å²) < 4.78 is 4.81. The summed E-state index contributed by atoms with van der Waals surface area (Å²) in [5.74, 6) is 1.57. The van der Waals surface area contributed by atoms with Gasteiger partial charge in [-0.1, -0.05) is 38.3 Å². The molecule has 0 fully saturated rings. The number of aromatic nitrogens is 1. The highest BCUT2D eigenvalue weighted by Crippen LogP contribution is 2.11. The molecule has 20 heavy (non-hydrogen) atoms. The van der Waals surface area contributed by atoms with Crippen LogP contribution in [0.1, 0.15) is 52.1 Å². The molecule has 0 bridgehead atoms. The molecule has 1 aromatic heterocycles. The zero-order valence-electron chi connectivity index (χ0n) is 13.0. The van der Waals surface area contributed by atoms with E-state index in [2.05, 4.69) is 41.6 Å². The van der Waals surface area contributed by atoms with Gasteiger partial charge in [-0.25, -0.2) is 4.99 Å². The number of hydrogen-bond acceptors (Lipinski definition) is 3. The average Bonchev–Trinajstić information content (AvgIpc) is 2.98. The van der Waals surface area contributed by atoms with Crippen molar-refractivity contribution in [2.45, 2.75) is 53.0 Å². The van der Waals surface area contributed by atoms with Gasteiger partial charge in [0.2, 0.25) is 0 Å². The molecule has 0 spiro atoms. The summed E-state index contributed by atoms with van der Waals surface area (Å²) in [7, 11) is 0. The molecular weight excluding hydrogens is 252 g/mol. The minimum absolute atomic E-state index is 0.539. The Bertz CT molecular complexity index is 362. The Morgan fingerprint density at radius 2 is 2.20 bits per heavy atom. The van der Waals surface area contributed by atoms with E-state index in [-0.39, 0.29) is 0 Å². The van der Waals surface area contributed by atoms with E-state index < -0.39 is 0 Å². The third-order valence-electron chi connectivity index (χ3n) is 3.34. The van der Waals surface area contributed by atoms with Gasteiger partial charge in [0.1, 0.15) is 12.0 Å². The van der Waals surface area contributed by atoms with E-state index in [4.69, 9.17) is 4.52 Å². The number of guanidine groups is 1. The van der Waals surface area contributed by atoms with Crippen LogP contribution >= 0.6 is 0 Å². The zero-order chi connectivity index (χ0) is 14.6. The van der Waals surface area contributed by atoms with Gasteiger partial charge >= 0.3 is 0 Å². The molecule has 1 aromatic rings. The smallest absolute Gasteiger partial charge is 0.191 e. The second-order valence-corrected chi connectivity index (χ2v) is 4.98. The van der Waals surface area contributed by atoms with E-state index in [1.165, 1.54) is 25.7 Å². The summed E-state index contributed by atoms with van der Waals surface area (Å²) in [4.78, 5) is 4.51. The van der Waals surface area contributed by atoms with Crippen LogP contribution in [0.4, 0.5) is 0 Å². The van der Waals surface area contributed by atoms with Crippen molar-refractivity contribution in [3.8, 4) is 0 Å². The normalized spacial score (nSPS) is 13.2. The third kappa shape index (κ3) is 6.59. The van der Waals surface area contributed by atoms with Gasteiger partial charge in [-0.2, -0.15) is 0 Å². The molecule has 0 saturated carbocycles. The fourth-order valence-electron chi connectivity index (χ4n) is 2.01. The van der Waals surface area contributed by atoms with Gasteiger partial charge < -0.3 is 15.2 Å². The maximum absolute atomic E-state index is 4.81. The maximum atomic E-state index is 4.81. The molecule has 0 aromatic carbocycles. The van der Waals surface area contributed by atoms with Gasteiger partial charge in [0, 0.05) is 19.2 Å². The Morgan fingerprint density at radius 1 is 1.35 bits per heavy atom. The maximum Gasteiger partial charge on any atom is 0.191 e. The average molecular weight is 280 g/mol. The molecule has 0 radical (unpaired) electrons. The lowest BCUT2D eigenvalue weighted by atomic mass is 9.99. The van der Waals surface area contributed by atoms with Crippen molar-refractivity contribution in [2.75, 3.05) is 13.1 Å². The minimum atomic E-state index is 0.539. The molecule has 5 heteroatoms. The molecule has 0 aliphatic heterocycles. The topological polar surface area (TPSA) is 62.5 Å². The van der Waals surface area contributed by atoms with Crippen molar-refractivity contribution in [3.63, 3.8) is 0 Å². The fraction of sp³-hybridized carbons (Fsp3) is 0.733. The van der Waals surface area contributed by atoms with Crippen molar-refractivity contribution in [1.29, 1.82) is 0 Å². The first kappa shape index (κ1) is 16.5. The van der Waals surface area contributed by atoms with E-state index in [0.29, 0.717) is 12.5 Å². The molecule has 1 heterocycles. The molecule has 0 amide bonds. The lowest BCUT2D eigenvalue weighted by Gasteiger charge is -2.17. The lowest BCUT2D eigenvalue weighted by molar-refractivity contribution is 0.412. The molecular formula is C15H28N4O. The van der Waals surface area contributed by atoms with Crippen LogP contribution in [0.25, 0.3) is 0 Å². The highest BCUT2D eigenvalue weighted by Gasteiger charge is 2.07. The van der Waals surface area contributed by atoms with Crippen LogP contribution < -0.4 is 10.6 Å². The third-order valence-corrected chi connectivity index (χ3v) is 3.34. The van der Waals surface area contributed by atoms with E-state index in [0.717, 1.165) is 24.7 Å². The Morgan fingerprint density at radius 3 is 2.80 bits per heavy atom. The number of aliphatic imine (C=N–C) groups is 1. The molecule has 1 atom stereocenters. The van der Waals surface area contributed by atoms with Crippen molar-refractivity contribution < 1.29 is 4.52 Å². The van der Waals surface area contributed by atoms with E-state index in [9.17, 15) is 0 Å². The van der Waals surface area contributed by atoms with Gasteiger partial charge in [-0.15, -0.1) is 0 Å². The molecule has 1 unspecified atom stereocenters. The van der Waals surface area contributed by atoms with E-state index in [1.807, 2.05) is 6.07 Å². The number of nitrogens with zero attached hydrogens (tertiary/aromatic N) is 2. The zero-order valence-corrected chi connectivity index (χ0v) is 13.0. The Balaban J connectivity index is 2.42. The predicted octanol–water partition coefficient (Wildman–Crippen LogP) is 2.95. The monoisotopic (exact) mass is 280 g/mol. The van der Waals surface area contributed by atoms with Crippen LogP contribution in [0, 0.1) is 5.92 Å². The number of unbranched alkanes of at least 4 members (excludes halogenated alkanes) is 1. The van der Waals surface area contributed by atoms with E-state index >= 15 is 0 Å². The summed E-state index contributed by atoms with van der Waals surface area (Å²) in [6.07, 6.45) is 6.62. The van der Waals surface area contributed by atoms with Crippen LogP contribution in [0.2, 0.25) is 0 Å². The molecule has 114 valence electrons. The Kier molecular flexibility index (Phi) is 8.51. The minimum Gasteiger partial charge on any atom is -0.364 e. The number of rotatable bonds is 9. The number of nitrogens with one attached hydrogen (secondary N) is 2. The van der Waals surface area contributed by atoms with Gasteiger partial charge in [0.15, 0.2) is 5.96 Å². The van der Waals surface area contributed by atoms with Gasteiger partial charge in [-0.3, -0.25) is 0 Å². The quantitative estimate of drug-likeness (QED) is 0.539. The van der Waals surface area contributed by atoms with Gasteiger partial charge in [0.25, 0.3) is 0 Å². The highest BCUT2D eigenvalue weighted by atomic mass is 16.5. The first-order valence-electron chi connectivity index (χ1n) is 7.71. The van der Waals surface area contributed by atoms with Crippen LogP contribution in [0.15, 0.2) is 21.8 Å². The fourth-order valence-corrected chi connectivity index (χ4v) is 2.01. The molecule has 5 nitrogen and oxygen atoms in total. The van der Waals surface area contributed by atoms with Crippen LogP contribution in [-0.4, -0.2) is 24.2 Å². The highest BCUT2D eigenvalue weighted by molar-refractivity contribution is 5.79. The van der Waals surface area contributed by atoms with Crippen LogP contribution in [0.3, 0.4) is 0 Å². The number of hydrogen-bond donors (Lipinski definition) is 2. The standard InChI is InChI=1S/C15H28N4O/c1-4-7-8-13(5-2)11-17-15(16-6-3)18-12-14-9-10-20-19-14/h9-10,13H,4-8,11-12H2,1-3H3,(H2,16,17,18). The van der Waals surface area contributed by atoms with Crippen LogP contribution in [0.5, 0.6) is 0 Å². The first-order chi connectivity index (χ1) is 9.80. The van der Waals surface area contributed by atoms with Crippen molar-refractivity contribution in [2.24, 2.45) is 10.9 Å². The summed E-state index contributed by atoms with van der Waals surface area (Å²) >= 11 is 0. The molecule has 0 aliphatic rings. The van der Waals surface area contributed by atoms with Crippen molar-refractivity contribution in [1.82, 2.24) is 15.8 Å². The van der Waals surface area contributed by atoms with E-state index in [1.54, 1.807) is 6.26 Å². The van der Waals surface area contributed by atoms with Gasteiger partial charge in [0.05, 0.1) is 6.54 Å². The summed E-state index contributed by atoms with van der Waals surface area (Å²) in [6, 6.07) is 1.84. The summed E-state index contributed by atoms with van der Waals surface area (Å²) in [6.45, 7) is 8.93. The largest absolute Gasteiger partial charge is 0.364 e. The predicted molar refractivity (Wildman–Crippen MR) is 82.6 cm³/mol. The second kappa shape index (κ2) is 10.3. The summed E-state index contributed by atoms with van der Waals surface area (Å²) in [5, 5.41) is 10.5. The Hall–Kier alpha value is -1.52. The molecule has 1 rings (SSSR count). The lowest BCUT2D eigenvalue weighted by Crippen LogP contribution is -2.39. The molecule has 0 aliphatic carbocycles.